The number of anilines is 1. The van der Waals surface area contributed by atoms with Crippen molar-refractivity contribution >= 4 is 27.5 Å². The van der Waals surface area contributed by atoms with Crippen LogP contribution < -0.4 is 14.4 Å². The molecule has 42 heavy (non-hydrogen) atoms. The number of hydrogen-bond donors (Lipinski definition) is 1. The van der Waals surface area contributed by atoms with Crippen molar-refractivity contribution in [3.8, 4) is 5.75 Å². The fourth-order valence-electron chi connectivity index (χ4n) is 5.31. The monoisotopic (exact) mass is 591 g/mol. The van der Waals surface area contributed by atoms with Gasteiger partial charge in [0.05, 0.1) is 17.7 Å². The third-order valence-electron chi connectivity index (χ3n) is 7.91. The SMILES string of the molecule is CCc1ccccc1N(CC(=O)N(Cc1ccc(OC)cc1)[C@H](C)C(=O)NC1CCCC1)S(=O)(=O)c1ccc(C)cc1. The van der Waals surface area contributed by atoms with Crippen LogP contribution in [0.4, 0.5) is 5.69 Å². The lowest BCUT2D eigenvalue weighted by atomic mass is 10.1. The van der Waals surface area contributed by atoms with Gasteiger partial charge in [0.15, 0.2) is 0 Å². The Morgan fingerprint density at radius 1 is 0.976 bits per heavy atom. The van der Waals surface area contributed by atoms with Crippen molar-refractivity contribution in [1.29, 1.82) is 0 Å². The highest BCUT2D eigenvalue weighted by molar-refractivity contribution is 7.92. The maximum Gasteiger partial charge on any atom is 0.264 e. The molecule has 0 bridgehead atoms. The van der Waals surface area contributed by atoms with Crippen LogP contribution in [0.2, 0.25) is 0 Å². The lowest BCUT2D eigenvalue weighted by molar-refractivity contribution is -0.139. The molecule has 0 heterocycles. The molecule has 0 spiro atoms. The maximum absolute atomic E-state index is 14.2. The van der Waals surface area contributed by atoms with Gasteiger partial charge in [0, 0.05) is 12.6 Å². The molecule has 2 amide bonds. The first-order valence-electron chi connectivity index (χ1n) is 14.5. The van der Waals surface area contributed by atoms with Gasteiger partial charge in [-0.2, -0.15) is 0 Å². The molecule has 1 aliphatic rings. The molecule has 4 rings (SSSR count). The normalized spacial score (nSPS) is 14.3. The zero-order valence-corrected chi connectivity index (χ0v) is 25.7. The number of nitrogens with zero attached hydrogens (tertiary/aromatic N) is 2. The lowest BCUT2D eigenvalue weighted by Gasteiger charge is -2.33. The average molecular weight is 592 g/mol. The van der Waals surface area contributed by atoms with Crippen LogP contribution in [0, 0.1) is 6.92 Å². The van der Waals surface area contributed by atoms with Crippen LogP contribution in [0.15, 0.2) is 77.7 Å². The van der Waals surface area contributed by atoms with Gasteiger partial charge in [-0.15, -0.1) is 0 Å². The third-order valence-corrected chi connectivity index (χ3v) is 9.68. The van der Waals surface area contributed by atoms with Crippen LogP contribution in [-0.2, 0) is 32.6 Å². The molecule has 8 nitrogen and oxygen atoms in total. The number of nitrogens with one attached hydrogen (secondary N) is 1. The lowest BCUT2D eigenvalue weighted by Crippen LogP contribution is -2.52. The van der Waals surface area contributed by atoms with E-state index >= 15 is 0 Å². The van der Waals surface area contributed by atoms with Gasteiger partial charge in [0.2, 0.25) is 11.8 Å². The van der Waals surface area contributed by atoms with E-state index in [1.807, 2.05) is 38.1 Å². The number of para-hydroxylation sites is 1. The highest BCUT2D eigenvalue weighted by Crippen LogP contribution is 2.28. The Bertz CT molecular complexity index is 1470. The molecular weight excluding hydrogens is 550 g/mol. The van der Waals surface area contributed by atoms with E-state index in [4.69, 9.17) is 4.74 Å². The second-order valence-electron chi connectivity index (χ2n) is 10.8. The molecular formula is C33H41N3O5S. The van der Waals surface area contributed by atoms with Crippen molar-refractivity contribution in [3.05, 3.63) is 89.5 Å². The molecule has 0 aromatic heterocycles. The summed E-state index contributed by atoms with van der Waals surface area (Å²) in [5, 5.41) is 3.10. The van der Waals surface area contributed by atoms with Crippen molar-refractivity contribution in [3.63, 3.8) is 0 Å². The standard InChI is InChI=1S/C33H41N3O5S/c1-5-27-10-6-9-13-31(27)36(42(39,40)30-20-14-24(2)15-21-30)23-32(37)35(22-26-16-18-29(41-4)19-17-26)25(3)33(38)34-28-11-7-8-12-28/h6,9-10,13-21,25,28H,5,7-8,11-12,22-23H2,1-4H3,(H,34,38)/t25-/m1/s1. The van der Waals surface area contributed by atoms with E-state index in [1.54, 1.807) is 62.6 Å². The average Bonchev–Trinajstić information content (AvgIpc) is 3.51. The van der Waals surface area contributed by atoms with E-state index in [2.05, 4.69) is 5.32 Å². The van der Waals surface area contributed by atoms with Gasteiger partial charge in [-0.3, -0.25) is 13.9 Å². The molecule has 224 valence electrons. The van der Waals surface area contributed by atoms with Gasteiger partial charge in [0.25, 0.3) is 10.0 Å². The number of ether oxygens (including phenoxy) is 1. The molecule has 1 atom stereocenters. The Morgan fingerprint density at radius 3 is 2.24 bits per heavy atom. The van der Waals surface area contributed by atoms with Gasteiger partial charge >= 0.3 is 0 Å². The largest absolute Gasteiger partial charge is 0.497 e. The first-order chi connectivity index (χ1) is 20.1. The number of aryl methyl sites for hydroxylation is 2. The summed E-state index contributed by atoms with van der Waals surface area (Å²) in [7, 11) is -2.53. The summed E-state index contributed by atoms with van der Waals surface area (Å²) in [6, 6.07) is 20.4. The predicted octanol–water partition coefficient (Wildman–Crippen LogP) is 5.24. The van der Waals surface area contributed by atoms with Gasteiger partial charge in [-0.1, -0.05) is 67.8 Å². The smallest absolute Gasteiger partial charge is 0.264 e. The summed E-state index contributed by atoms with van der Waals surface area (Å²) < 4.78 is 34.6. The van der Waals surface area contributed by atoms with Crippen molar-refractivity contribution < 1.29 is 22.7 Å². The molecule has 3 aromatic rings. The molecule has 1 fully saturated rings. The van der Waals surface area contributed by atoms with Gasteiger partial charge < -0.3 is 15.0 Å². The molecule has 9 heteroatoms. The molecule has 0 radical (unpaired) electrons. The minimum atomic E-state index is -4.11. The van der Waals surface area contributed by atoms with E-state index in [1.165, 1.54) is 9.21 Å². The van der Waals surface area contributed by atoms with E-state index in [-0.39, 0.29) is 23.4 Å². The van der Waals surface area contributed by atoms with E-state index in [9.17, 15) is 18.0 Å². The van der Waals surface area contributed by atoms with Crippen LogP contribution in [0.25, 0.3) is 0 Å². The summed E-state index contributed by atoms with van der Waals surface area (Å²) in [6.07, 6.45) is 4.55. The zero-order chi connectivity index (χ0) is 30.3. The molecule has 0 saturated heterocycles. The predicted molar refractivity (Wildman–Crippen MR) is 165 cm³/mol. The van der Waals surface area contributed by atoms with Crippen molar-refractivity contribution in [2.24, 2.45) is 0 Å². The fourth-order valence-corrected chi connectivity index (χ4v) is 6.76. The summed E-state index contributed by atoms with van der Waals surface area (Å²) in [6.45, 7) is 5.22. The molecule has 0 aliphatic heterocycles. The topological polar surface area (TPSA) is 96.0 Å². The Morgan fingerprint density at radius 2 is 1.62 bits per heavy atom. The van der Waals surface area contributed by atoms with Crippen LogP contribution in [0.3, 0.4) is 0 Å². The Hall–Kier alpha value is -3.85. The number of amides is 2. The number of carbonyl (C=O) groups excluding carboxylic acids is 2. The minimum Gasteiger partial charge on any atom is -0.497 e. The summed E-state index contributed by atoms with van der Waals surface area (Å²) in [5.41, 5.74) is 2.97. The van der Waals surface area contributed by atoms with E-state index in [0.717, 1.165) is 42.4 Å². The highest BCUT2D eigenvalue weighted by Gasteiger charge is 2.34. The van der Waals surface area contributed by atoms with Gasteiger partial charge in [-0.05, 0) is 74.6 Å². The number of carbonyl (C=O) groups is 2. The second kappa shape index (κ2) is 13.9. The fraction of sp³-hybridized carbons (Fsp3) is 0.394. The van der Waals surface area contributed by atoms with Crippen molar-refractivity contribution in [2.75, 3.05) is 18.0 Å². The molecule has 1 aliphatic carbocycles. The quantitative estimate of drug-likeness (QED) is 0.311. The Kier molecular flexibility index (Phi) is 10.3. The Labute approximate surface area is 249 Å². The number of rotatable bonds is 12. The Balaban J connectivity index is 1.71. The molecule has 0 unspecified atom stereocenters. The van der Waals surface area contributed by atoms with Crippen LogP contribution in [0.5, 0.6) is 5.75 Å². The third kappa shape index (κ3) is 7.31. The molecule has 1 saturated carbocycles. The minimum absolute atomic E-state index is 0.0905. The summed E-state index contributed by atoms with van der Waals surface area (Å²) in [5.74, 6) is -0.0395. The first kappa shape index (κ1) is 31.1. The second-order valence-corrected chi connectivity index (χ2v) is 12.7. The van der Waals surface area contributed by atoms with Gasteiger partial charge in [-0.25, -0.2) is 8.42 Å². The highest BCUT2D eigenvalue weighted by atomic mass is 32.2. The van der Waals surface area contributed by atoms with Crippen molar-refractivity contribution in [1.82, 2.24) is 10.2 Å². The number of methoxy groups -OCH3 is 1. The van der Waals surface area contributed by atoms with Crippen molar-refractivity contribution in [2.45, 2.75) is 76.4 Å². The van der Waals surface area contributed by atoms with Crippen LogP contribution >= 0.6 is 0 Å². The number of benzene rings is 3. The summed E-state index contributed by atoms with van der Waals surface area (Å²) in [4.78, 5) is 29.1. The van der Waals surface area contributed by atoms with E-state index < -0.39 is 28.5 Å². The zero-order valence-electron chi connectivity index (χ0n) is 24.9. The number of sulfonamides is 1. The first-order valence-corrected chi connectivity index (χ1v) is 16.0. The summed E-state index contributed by atoms with van der Waals surface area (Å²) >= 11 is 0. The number of hydrogen-bond acceptors (Lipinski definition) is 5. The van der Waals surface area contributed by atoms with E-state index in [0.29, 0.717) is 17.9 Å². The molecule has 3 aromatic carbocycles. The van der Waals surface area contributed by atoms with Gasteiger partial charge in [0.1, 0.15) is 18.3 Å². The maximum atomic E-state index is 14.2. The molecule has 1 N–H and O–H groups in total. The van der Waals surface area contributed by atoms with Crippen LogP contribution in [-0.4, -0.2) is 50.9 Å². The van der Waals surface area contributed by atoms with Crippen LogP contribution in [0.1, 0.15) is 56.2 Å².